The van der Waals surface area contributed by atoms with Gasteiger partial charge in [0.05, 0.1) is 10.6 Å². The number of carboxylic acids is 1. The highest BCUT2D eigenvalue weighted by atomic mass is 35.5. The molecule has 1 unspecified atom stereocenters. The van der Waals surface area contributed by atoms with Crippen molar-refractivity contribution in [3.05, 3.63) is 47.0 Å². The van der Waals surface area contributed by atoms with Crippen LogP contribution in [0.3, 0.4) is 0 Å². The summed E-state index contributed by atoms with van der Waals surface area (Å²) in [4.78, 5) is 23.4. The number of carboxylic acid groups (broad SMARTS) is 1. The second kappa shape index (κ2) is 6.53. The van der Waals surface area contributed by atoms with Crippen molar-refractivity contribution in [2.75, 3.05) is 5.75 Å². The van der Waals surface area contributed by atoms with Gasteiger partial charge < -0.3 is 10.4 Å². The highest BCUT2D eigenvalue weighted by Gasteiger charge is 2.27. The van der Waals surface area contributed by atoms with Crippen LogP contribution in [0.25, 0.3) is 10.8 Å². The first-order chi connectivity index (χ1) is 10.7. The molecule has 1 atom stereocenters. The summed E-state index contributed by atoms with van der Waals surface area (Å²) in [5.74, 6) is -3.58. The van der Waals surface area contributed by atoms with Gasteiger partial charge in [-0.2, -0.15) is 8.42 Å². The Morgan fingerprint density at radius 1 is 1.17 bits per heavy atom. The molecule has 0 aliphatic heterocycles. The first-order valence-electron chi connectivity index (χ1n) is 6.35. The third kappa shape index (κ3) is 4.19. The highest BCUT2D eigenvalue weighted by molar-refractivity contribution is 7.85. The van der Waals surface area contributed by atoms with Gasteiger partial charge in [-0.15, -0.1) is 0 Å². The minimum atomic E-state index is -4.58. The van der Waals surface area contributed by atoms with E-state index in [0.717, 1.165) is 0 Å². The Balaban J connectivity index is 2.40. The number of aliphatic carboxylic acids is 1. The monoisotopic (exact) mass is 357 g/mol. The fourth-order valence-corrected chi connectivity index (χ4v) is 2.99. The van der Waals surface area contributed by atoms with E-state index in [-0.39, 0.29) is 10.6 Å². The molecule has 0 radical (unpaired) electrons. The third-order valence-corrected chi connectivity index (χ3v) is 4.16. The number of carbonyl (C=O) groups excluding carboxylic acids is 1. The van der Waals surface area contributed by atoms with Gasteiger partial charge in [0.15, 0.2) is 0 Å². The first kappa shape index (κ1) is 17.2. The average molecular weight is 358 g/mol. The molecular formula is C14H12ClNO6S. The predicted molar refractivity (Wildman–Crippen MR) is 84.3 cm³/mol. The highest BCUT2D eigenvalue weighted by Crippen LogP contribution is 2.26. The summed E-state index contributed by atoms with van der Waals surface area (Å²) in [5, 5.41) is 12.4. The molecule has 0 saturated carbocycles. The van der Waals surface area contributed by atoms with Gasteiger partial charge in [-0.25, -0.2) is 4.79 Å². The van der Waals surface area contributed by atoms with Crippen molar-refractivity contribution in [1.82, 2.24) is 5.32 Å². The third-order valence-electron chi connectivity index (χ3n) is 3.09. The maximum Gasteiger partial charge on any atom is 0.327 e. The van der Waals surface area contributed by atoms with Gasteiger partial charge in [-0.05, 0) is 16.8 Å². The van der Waals surface area contributed by atoms with Gasteiger partial charge in [-0.3, -0.25) is 9.35 Å². The summed E-state index contributed by atoms with van der Waals surface area (Å²) in [6.45, 7) is 0. The quantitative estimate of drug-likeness (QED) is 0.698. The topological polar surface area (TPSA) is 121 Å². The maximum absolute atomic E-state index is 12.3. The summed E-state index contributed by atoms with van der Waals surface area (Å²) in [5.41, 5.74) is 0.0337. The van der Waals surface area contributed by atoms with E-state index in [0.29, 0.717) is 10.8 Å². The van der Waals surface area contributed by atoms with Crippen molar-refractivity contribution >= 4 is 44.4 Å². The summed E-state index contributed by atoms with van der Waals surface area (Å²) in [7, 11) is -4.58. The molecule has 2 aromatic rings. The molecule has 1 amide bonds. The second-order valence-corrected chi connectivity index (χ2v) is 6.66. The van der Waals surface area contributed by atoms with E-state index < -0.39 is 33.8 Å². The van der Waals surface area contributed by atoms with E-state index in [2.05, 4.69) is 5.32 Å². The van der Waals surface area contributed by atoms with E-state index in [9.17, 15) is 18.0 Å². The predicted octanol–water partition coefficient (Wildman–Crippen LogP) is 1.56. The first-order valence-corrected chi connectivity index (χ1v) is 8.34. The van der Waals surface area contributed by atoms with Gasteiger partial charge in [0.1, 0.15) is 11.8 Å². The van der Waals surface area contributed by atoms with Gasteiger partial charge in [0, 0.05) is 0 Å². The molecule has 2 aromatic carbocycles. The van der Waals surface area contributed by atoms with E-state index in [1.807, 2.05) is 0 Å². The number of carbonyl (C=O) groups is 2. The fraction of sp³-hybridized carbons (Fsp3) is 0.143. The lowest BCUT2D eigenvalue weighted by atomic mass is 10.0. The van der Waals surface area contributed by atoms with Crippen LogP contribution in [-0.4, -0.2) is 41.7 Å². The summed E-state index contributed by atoms with van der Waals surface area (Å²) >= 11 is 6.02. The van der Waals surface area contributed by atoms with Crippen LogP contribution in [0.4, 0.5) is 0 Å². The van der Waals surface area contributed by atoms with Crippen LogP contribution >= 0.6 is 11.6 Å². The van der Waals surface area contributed by atoms with Crippen molar-refractivity contribution in [3.8, 4) is 0 Å². The molecule has 122 valence electrons. The molecule has 0 aliphatic carbocycles. The van der Waals surface area contributed by atoms with Crippen LogP contribution in [0.1, 0.15) is 10.4 Å². The zero-order chi connectivity index (χ0) is 17.2. The Morgan fingerprint density at radius 3 is 2.43 bits per heavy atom. The number of hydrogen-bond acceptors (Lipinski definition) is 4. The molecule has 0 bridgehead atoms. The zero-order valence-corrected chi connectivity index (χ0v) is 13.1. The molecule has 2 rings (SSSR count). The number of halogens is 1. The lowest BCUT2D eigenvalue weighted by Gasteiger charge is -2.15. The van der Waals surface area contributed by atoms with Crippen molar-refractivity contribution in [1.29, 1.82) is 0 Å². The van der Waals surface area contributed by atoms with Crippen LogP contribution in [-0.2, 0) is 14.9 Å². The molecule has 7 nitrogen and oxygen atoms in total. The van der Waals surface area contributed by atoms with E-state index >= 15 is 0 Å². The Bertz CT molecular complexity index is 880. The Morgan fingerprint density at radius 2 is 1.83 bits per heavy atom. The van der Waals surface area contributed by atoms with Gasteiger partial charge in [-0.1, -0.05) is 41.9 Å². The van der Waals surface area contributed by atoms with E-state index in [1.54, 1.807) is 30.3 Å². The summed E-state index contributed by atoms with van der Waals surface area (Å²) in [6, 6.07) is 8.20. The minimum Gasteiger partial charge on any atom is -0.480 e. The molecule has 0 fully saturated rings. The number of hydrogen-bond donors (Lipinski definition) is 3. The smallest absolute Gasteiger partial charge is 0.327 e. The molecule has 3 N–H and O–H groups in total. The fourth-order valence-electron chi connectivity index (χ4n) is 2.09. The van der Waals surface area contributed by atoms with Gasteiger partial charge >= 0.3 is 5.97 Å². The molecule has 23 heavy (non-hydrogen) atoms. The van der Waals surface area contributed by atoms with Crippen LogP contribution in [0.15, 0.2) is 36.4 Å². The van der Waals surface area contributed by atoms with Gasteiger partial charge in [0.2, 0.25) is 0 Å². The molecule has 0 aliphatic rings. The number of benzene rings is 2. The lowest BCUT2D eigenvalue weighted by Crippen LogP contribution is -2.45. The Hall–Kier alpha value is -2.16. The standard InChI is InChI=1S/C14H12ClNO6S/c15-10-6-5-8-3-1-2-4-9(8)12(10)13(17)16-11(14(18)19)7-23(20,21)22/h1-6,11H,7H2,(H,16,17)(H,18,19)(H,20,21,22). The van der Waals surface area contributed by atoms with Crippen LogP contribution in [0, 0.1) is 0 Å². The van der Waals surface area contributed by atoms with Crippen LogP contribution in [0.2, 0.25) is 5.02 Å². The zero-order valence-electron chi connectivity index (χ0n) is 11.6. The van der Waals surface area contributed by atoms with E-state index in [4.69, 9.17) is 21.3 Å². The summed E-state index contributed by atoms with van der Waals surface area (Å²) in [6.07, 6.45) is 0. The van der Waals surface area contributed by atoms with Gasteiger partial charge in [0.25, 0.3) is 16.0 Å². The number of amides is 1. The SMILES string of the molecule is O=C(NC(CS(=O)(=O)O)C(=O)O)c1c(Cl)ccc2ccccc12. The van der Waals surface area contributed by atoms with Crippen LogP contribution in [0.5, 0.6) is 0 Å². The second-order valence-electron chi connectivity index (χ2n) is 4.76. The largest absolute Gasteiger partial charge is 0.480 e. The van der Waals surface area contributed by atoms with Crippen molar-refractivity contribution in [2.45, 2.75) is 6.04 Å². The molecule has 0 saturated heterocycles. The number of rotatable bonds is 5. The number of nitrogens with one attached hydrogen (secondary N) is 1. The molecule has 0 aromatic heterocycles. The maximum atomic E-state index is 12.3. The average Bonchev–Trinajstić information content (AvgIpc) is 2.44. The van der Waals surface area contributed by atoms with Crippen molar-refractivity contribution in [2.24, 2.45) is 0 Å². The summed E-state index contributed by atoms with van der Waals surface area (Å²) < 4.78 is 30.5. The molecule has 9 heteroatoms. The molecule has 0 spiro atoms. The van der Waals surface area contributed by atoms with Crippen LogP contribution < -0.4 is 5.32 Å². The number of fused-ring (bicyclic) bond motifs is 1. The van der Waals surface area contributed by atoms with Crippen molar-refractivity contribution in [3.63, 3.8) is 0 Å². The minimum absolute atomic E-state index is 0.0337. The Labute approximate surface area is 136 Å². The molecule has 0 heterocycles. The lowest BCUT2D eigenvalue weighted by molar-refractivity contribution is -0.138. The molecular weight excluding hydrogens is 346 g/mol. The van der Waals surface area contributed by atoms with Crippen molar-refractivity contribution < 1.29 is 27.7 Å². The normalized spacial score (nSPS) is 12.8. The Kier molecular flexibility index (Phi) is 4.88. The van der Waals surface area contributed by atoms with E-state index in [1.165, 1.54) is 6.07 Å².